The second-order valence-electron chi connectivity index (χ2n) is 6.13. The highest BCUT2D eigenvalue weighted by Crippen LogP contribution is 2.31. The molecule has 122 valence electrons. The number of carbonyl (C=O) groups is 1. The summed E-state index contributed by atoms with van der Waals surface area (Å²) in [4.78, 5) is 13.1. The number of thiocarbonyl (C=S) groups is 1. The van der Waals surface area contributed by atoms with Crippen LogP contribution in [-0.2, 0) is 0 Å². The zero-order valence-electron chi connectivity index (χ0n) is 14.0. The maximum Gasteiger partial charge on any atom is 0.193 e. The van der Waals surface area contributed by atoms with Crippen LogP contribution in [0.3, 0.4) is 0 Å². The lowest BCUT2D eigenvalue weighted by molar-refractivity contribution is 0.102. The number of rotatable bonds is 3. The third-order valence-electron chi connectivity index (χ3n) is 4.29. The van der Waals surface area contributed by atoms with Gasteiger partial charge in [-0.1, -0.05) is 54.1 Å². The molecule has 3 rings (SSSR count). The Morgan fingerprint density at radius 1 is 1.04 bits per heavy atom. The first-order valence-electron chi connectivity index (χ1n) is 7.92. The molecule has 3 nitrogen and oxygen atoms in total. The largest absolute Gasteiger partial charge is 0.351 e. The second-order valence-corrected chi connectivity index (χ2v) is 6.53. The molecular weight excluding hydrogens is 316 g/mol. The smallest absolute Gasteiger partial charge is 0.193 e. The number of ketones is 1. The zero-order chi connectivity index (χ0) is 17.3. The highest BCUT2D eigenvalue weighted by molar-refractivity contribution is 7.80. The molecule has 1 aliphatic rings. The van der Waals surface area contributed by atoms with Crippen molar-refractivity contribution in [3.63, 3.8) is 0 Å². The van der Waals surface area contributed by atoms with Gasteiger partial charge in [-0.3, -0.25) is 4.79 Å². The van der Waals surface area contributed by atoms with Crippen LogP contribution in [0.2, 0.25) is 0 Å². The standard InChI is InChI=1S/C20H20N2OS/c1-12-9-10-16(13(2)11-12)18-17(14(3)21-20(24)22-18)19(23)15-7-5-4-6-8-15/h4-11,18H,1-3H3,(H2,21,22,24)/t18-/m0/s1. The van der Waals surface area contributed by atoms with Crippen LogP contribution < -0.4 is 10.6 Å². The van der Waals surface area contributed by atoms with Crippen LogP contribution in [-0.4, -0.2) is 10.9 Å². The summed E-state index contributed by atoms with van der Waals surface area (Å²) in [7, 11) is 0. The Balaban J connectivity index is 2.10. The molecule has 0 amide bonds. The minimum Gasteiger partial charge on any atom is -0.351 e. The number of hydrogen-bond acceptors (Lipinski definition) is 2. The fraction of sp³-hybridized carbons (Fsp3) is 0.200. The first kappa shape index (κ1) is 16.4. The van der Waals surface area contributed by atoms with E-state index in [9.17, 15) is 4.79 Å². The minimum absolute atomic E-state index is 0.0144. The van der Waals surface area contributed by atoms with Gasteiger partial charge < -0.3 is 10.6 Å². The van der Waals surface area contributed by atoms with Gasteiger partial charge in [-0.25, -0.2) is 0 Å². The molecule has 0 radical (unpaired) electrons. The molecule has 0 unspecified atom stereocenters. The van der Waals surface area contributed by atoms with E-state index in [0.717, 1.165) is 16.8 Å². The maximum atomic E-state index is 13.1. The highest BCUT2D eigenvalue weighted by atomic mass is 32.1. The third kappa shape index (κ3) is 3.10. The highest BCUT2D eigenvalue weighted by Gasteiger charge is 2.31. The second kappa shape index (κ2) is 6.57. The molecule has 0 saturated heterocycles. The van der Waals surface area contributed by atoms with Crippen molar-refractivity contribution in [3.8, 4) is 0 Å². The summed E-state index contributed by atoms with van der Waals surface area (Å²) in [6.07, 6.45) is 0. The Hall–Kier alpha value is -2.46. The van der Waals surface area contributed by atoms with Gasteiger partial charge in [0.1, 0.15) is 0 Å². The van der Waals surface area contributed by atoms with Crippen molar-refractivity contribution in [1.29, 1.82) is 0 Å². The van der Waals surface area contributed by atoms with Gasteiger partial charge in [-0.15, -0.1) is 0 Å². The summed E-state index contributed by atoms with van der Waals surface area (Å²) in [5.74, 6) is 0.0144. The number of benzene rings is 2. The van der Waals surface area contributed by atoms with Gasteiger partial charge in [-0.05, 0) is 44.1 Å². The van der Waals surface area contributed by atoms with Crippen molar-refractivity contribution < 1.29 is 4.79 Å². The molecule has 0 spiro atoms. The molecule has 0 bridgehead atoms. The lowest BCUT2D eigenvalue weighted by Crippen LogP contribution is -2.45. The molecule has 0 fully saturated rings. The fourth-order valence-electron chi connectivity index (χ4n) is 3.12. The van der Waals surface area contributed by atoms with Crippen LogP contribution in [0.25, 0.3) is 0 Å². The van der Waals surface area contributed by atoms with Crippen molar-refractivity contribution in [2.24, 2.45) is 0 Å². The Morgan fingerprint density at radius 3 is 2.42 bits per heavy atom. The Labute approximate surface area is 147 Å². The summed E-state index contributed by atoms with van der Waals surface area (Å²) >= 11 is 5.32. The lowest BCUT2D eigenvalue weighted by atomic mass is 9.87. The van der Waals surface area contributed by atoms with Crippen molar-refractivity contribution in [1.82, 2.24) is 10.6 Å². The number of aryl methyl sites for hydroxylation is 2. The van der Waals surface area contributed by atoms with Crippen LogP contribution in [0.4, 0.5) is 0 Å². The van der Waals surface area contributed by atoms with E-state index in [1.165, 1.54) is 5.56 Å². The predicted molar refractivity (Wildman–Crippen MR) is 101 cm³/mol. The van der Waals surface area contributed by atoms with E-state index in [0.29, 0.717) is 16.2 Å². The maximum absolute atomic E-state index is 13.1. The predicted octanol–water partition coefficient (Wildman–Crippen LogP) is 3.98. The molecule has 0 saturated carbocycles. The van der Waals surface area contributed by atoms with Crippen molar-refractivity contribution >= 4 is 23.1 Å². The summed E-state index contributed by atoms with van der Waals surface area (Å²) in [5, 5.41) is 6.90. The topological polar surface area (TPSA) is 41.1 Å². The van der Waals surface area contributed by atoms with E-state index < -0.39 is 0 Å². The average Bonchev–Trinajstić information content (AvgIpc) is 2.54. The molecular formula is C20H20N2OS. The molecule has 0 aromatic heterocycles. The van der Waals surface area contributed by atoms with Crippen molar-refractivity contribution in [2.75, 3.05) is 0 Å². The first-order valence-corrected chi connectivity index (χ1v) is 8.33. The van der Waals surface area contributed by atoms with Crippen LogP contribution >= 0.6 is 12.2 Å². The summed E-state index contributed by atoms with van der Waals surface area (Å²) in [6, 6.07) is 15.4. The minimum atomic E-state index is -0.243. The molecule has 0 aliphatic carbocycles. The molecule has 2 aromatic carbocycles. The molecule has 1 atom stereocenters. The van der Waals surface area contributed by atoms with E-state index in [1.807, 2.05) is 37.3 Å². The lowest BCUT2D eigenvalue weighted by Gasteiger charge is -2.31. The van der Waals surface area contributed by atoms with E-state index >= 15 is 0 Å². The van der Waals surface area contributed by atoms with Crippen LogP contribution in [0.5, 0.6) is 0 Å². The number of nitrogens with one attached hydrogen (secondary N) is 2. The van der Waals surface area contributed by atoms with Gasteiger partial charge in [0.15, 0.2) is 10.9 Å². The molecule has 4 heteroatoms. The molecule has 1 aliphatic heterocycles. The first-order chi connectivity index (χ1) is 11.5. The van der Waals surface area contributed by atoms with E-state index in [1.54, 1.807) is 0 Å². The number of hydrogen-bond donors (Lipinski definition) is 2. The van der Waals surface area contributed by atoms with Gasteiger partial charge >= 0.3 is 0 Å². The van der Waals surface area contributed by atoms with Crippen molar-refractivity contribution in [2.45, 2.75) is 26.8 Å². The zero-order valence-corrected chi connectivity index (χ0v) is 14.8. The van der Waals surface area contributed by atoms with Gasteiger partial charge in [-0.2, -0.15) is 0 Å². The average molecular weight is 336 g/mol. The van der Waals surface area contributed by atoms with E-state index in [2.05, 4.69) is 42.7 Å². The molecule has 2 N–H and O–H groups in total. The Kier molecular flexibility index (Phi) is 4.49. The Morgan fingerprint density at radius 2 is 1.75 bits per heavy atom. The SMILES string of the molecule is CC1=C(C(=O)c2ccccc2)[C@H](c2ccc(C)cc2C)NC(=S)N1. The van der Waals surface area contributed by atoms with Gasteiger partial charge in [0.25, 0.3) is 0 Å². The van der Waals surface area contributed by atoms with Gasteiger partial charge in [0, 0.05) is 16.8 Å². The summed E-state index contributed by atoms with van der Waals surface area (Å²) in [5.41, 5.74) is 5.60. The van der Waals surface area contributed by atoms with Crippen LogP contribution in [0.1, 0.15) is 40.0 Å². The number of Topliss-reactive ketones (excluding diaryl/α,β-unsaturated/α-hetero) is 1. The third-order valence-corrected chi connectivity index (χ3v) is 4.51. The van der Waals surface area contributed by atoms with E-state index in [-0.39, 0.29) is 11.8 Å². The Bertz CT molecular complexity index is 840. The molecule has 24 heavy (non-hydrogen) atoms. The van der Waals surface area contributed by atoms with Crippen molar-refractivity contribution in [3.05, 3.63) is 82.1 Å². The molecule has 2 aromatic rings. The van der Waals surface area contributed by atoms with E-state index in [4.69, 9.17) is 12.2 Å². The number of carbonyl (C=O) groups excluding carboxylic acids is 1. The quantitative estimate of drug-likeness (QED) is 0.657. The fourth-order valence-corrected chi connectivity index (χ4v) is 3.39. The molecule has 1 heterocycles. The normalized spacial score (nSPS) is 17.3. The van der Waals surface area contributed by atoms with Gasteiger partial charge in [0.2, 0.25) is 0 Å². The monoisotopic (exact) mass is 336 g/mol. The summed E-state index contributed by atoms with van der Waals surface area (Å²) in [6.45, 7) is 6.03. The van der Waals surface area contributed by atoms with Crippen LogP contribution in [0, 0.1) is 13.8 Å². The van der Waals surface area contributed by atoms with Gasteiger partial charge in [0.05, 0.1) is 6.04 Å². The number of allylic oxidation sites excluding steroid dienone is 1. The van der Waals surface area contributed by atoms with Crippen LogP contribution in [0.15, 0.2) is 59.8 Å². The summed E-state index contributed by atoms with van der Waals surface area (Å²) < 4.78 is 0.